The van der Waals surface area contributed by atoms with E-state index in [1.165, 1.54) is 5.56 Å². The van der Waals surface area contributed by atoms with Gasteiger partial charge in [0.15, 0.2) is 5.82 Å². The van der Waals surface area contributed by atoms with E-state index in [4.69, 9.17) is 0 Å². The fraction of sp³-hybridized carbons (Fsp3) is 0.333. The summed E-state index contributed by atoms with van der Waals surface area (Å²) in [7, 11) is 0. The summed E-state index contributed by atoms with van der Waals surface area (Å²) in [6.45, 7) is 5.90. The van der Waals surface area contributed by atoms with E-state index in [-0.39, 0.29) is 0 Å². The molecule has 0 bridgehead atoms. The van der Waals surface area contributed by atoms with Gasteiger partial charge in [0.1, 0.15) is 0 Å². The Labute approximate surface area is 95.3 Å². The van der Waals surface area contributed by atoms with Crippen molar-refractivity contribution >= 4 is 0 Å². The number of aromatic nitrogens is 3. The van der Waals surface area contributed by atoms with Gasteiger partial charge < -0.3 is 5.32 Å². The number of nitrogens with zero attached hydrogens (tertiary/aromatic N) is 3. The second kappa shape index (κ2) is 4.90. The molecule has 0 aromatic carbocycles. The highest BCUT2D eigenvalue weighted by atomic mass is 15.3. The molecule has 1 N–H and O–H groups in total. The first kappa shape index (κ1) is 10.8. The van der Waals surface area contributed by atoms with Crippen molar-refractivity contribution in [3.8, 4) is 5.82 Å². The van der Waals surface area contributed by atoms with Crippen molar-refractivity contribution in [3.63, 3.8) is 0 Å². The van der Waals surface area contributed by atoms with Gasteiger partial charge in [0.05, 0.1) is 5.69 Å². The largest absolute Gasteiger partial charge is 0.313 e. The summed E-state index contributed by atoms with van der Waals surface area (Å²) >= 11 is 0. The number of pyridine rings is 1. The van der Waals surface area contributed by atoms with Gasteiger partial charge in [0.25, 0.3) is 0 Å². The predicted molar refractivity (Wildman–Crippen MR) is 63.5 cm³/mol. The van der Waals surface area contributed by atoms with Crippen LogP contribution in [-0.2, 0) is 6.54 Å². The van der Waals surface area contributed by atoms with Gasteiger partial charge in [-0.2, -0.15) is 5.10 Å². The zero-order valence-electron chi connectivity index (χ0n) is 9.64. The topological polar surface area (TPSA) is 42.7 Å². The summed E-state index contributed by atoms with van der Waals surface area (Å²) in [5, 5.41) is 7.58. The quantitative estimate of drug-likeness (QED) is 0.845. The molecule has 0 atom stereocenters. The van der Waals surface area contributed by atoms with E-state index in [1.54, 1.807) is 4.68 Å². The molecule has 2 rings (SSSR count). The van der Waals surface area contributed by atoms with Crippen LogP contribution in [0.5, 0.6) is 0 Å². The molecule has 4 nitrogen and oxygen atoms in total. The van der Waals surface area contributed by atoms with Crippen LogP contribution in [0.15, 0.2) is 30.6 Å². The van der Waals surface area contributed by atoms with E-state index in [0.717, 1.165) is 24.6 Å². The van der Waals surface area contributed by atoms with Crippen LogP contribution >= 0.6 is 0 Å². The lowest BCUT2D eigenvalue weighted by Gasteiger charge is -2.03. The number of aryl methyl sites for hydroxylation is 1. The Morgan fingerprint density at radius 2 is 2.19 bits per heavy atom. The lowest BCUT2D eigenvalue weighted by Crippen LogP contribution is -2.12. The molecule has 4 heteroatoms. The van der Waals surface area contributed by atoms with E-state index >= 15 is 0 Å². The number of rotatable bonds is 4. The third kappa shape index (κ3) is 2.46. The van der Waals surface area contributed by atoms with Crippen molar-refractivity contribution in [1.29, 1.82) is 0 Å². The zero-order chi connectivity index (χ0) is 11.4. The Morgan fingerprint density at radius 3 is 2.75 bits per heavy atom. The lowest BCUT2D eigenvalue weighted by atomic mass is 10.3. The summed E-state index contributed by atoms with van der Waals surface area (Å²) in [5.41, 5.74) is 2.19. The molecule has 0 saturated heterocycles. The highest BCUT2D eigenvalue weighted by Gasteiger charge is 1.99. The first-order valence-corrected chi connectivity index (χ1v) is 5.48. The van der Waals surface area contributed by atoms with E-state index in [9.17, 15) is 0 Å². The van der Waals surface area contributed by atoms with E-state index < -0.39 is 0 Å². The standard InChI is InChI=1S/C12H16N4/c1-3-13-8-11-4-5-12(14-9-11)16-7-6-10(2)15-16/h4-7,9,13H,3,8H2,1-2H3. The van der Waals surface area contributed by atoms with Crippen molar-refractivity contribution in [2.75, 3.05) is 6.54 Å². The fourth-order valence-corrected chi connectivity index (χ4v) is 1.47. The van der Waals surface area contributed by atoms with Gasteiger partial charge in [-0.25, -0.2) is 9.67 Å². The van der Waals surface area contributed by atoms with Crippen LogP contribution in [0.2, 0.25) is 0 Å². The van der Waals surface area contributed by atoms with Crippen LogP contribution in [0.1, 0.15) is 18.2 Å². The fourth-order valence-electron chi connectivity index (χ4n) is 1.47. The van der Waals surface area contributed by atoms with Gasteiger partial charge in [-0.1, -0.05) is 13.0 Å². The summed E-state index contributed by atoms with van der Waals surface area (Å²) in [6.07, 6.45) is 3.80. The van der Waals surface area contributed by atoms with Gasteiger partial charge in [0.2, 0.25) is 0 Å². The molecule has 84 valence electrons. The van der Waals surface area contributed by atoms with Gasteiger partial charge >= 0.3 is 0 Å². The van der Waals surface area contributed by atoms with Crippen molar-refractivity contribution in [2.24, 2.45) is 0 Å². The summed E-state index contributed by atoms with van der Waals surface area (Å²) in [6, 6.07) is 6.02. The third-order valence-electron chi connectivity index (χ3n) is 2.35. The van der Waals surface area contributed by atoms with E-state index in [1.807, 2.05) is 31.5 Å². The maximum Gasteiger partial charge on any atom is 0.153 e. The number of hydrogen-bond acceptors (Lipinski definition) is 3. The predicted octanol–water partition coefficient (Wildman–Crippen LogP) is 1.69. The highest BCUT2D eigenvalue weighted by Crippen LogP contribution is 2.05. The molecule has 0 radical (unpaired) electrons. The van der Waals surface area contributed by atoms with Crippen LogP contribution in [0.3, 0.4) is 0 Å². The molecule has 0 amide bonds. The summed E-state index contributed by atoms with van der Waals surface area (Å²) in [5.74, 6) is 0.855. The molecular formula is C12H16N4. The Hall–Kier alpha value is -1.68. The van der Waals surface area contributed by atoms with Crippen molar-refractivity contribution in [2.45, 2.75) is 20.4 Å². The number of hydrogen-bond donors (Lipinski definition) is 1. The summed E-state index contributed by atoms with van der Waals surface area (Å²) in [4.78, 5) is 4.38. The minimum absolute atomic E-state index is 0.855. The minimum atomic E-state index is 0.855. The maximum atomic E-state index is 4.38. The molecule has 0 unspecified atom stereocenters. The monoisotopic (exact) mass is 216 g/mol. The number of nitrogens with one attached hydrogen (secondary N) is 1. The van der Waals surface area contributed by atoms with Crippen molar-refractivity contribution < 1.29 is 0 Å². The molecule has 2 aromatic heterocycles. The van der Waals surface area contributed by atoms with Crippen molar-refractivity contribution in [3.05, 3.63) is 41.9 Å². The van der Waals surface area contributed by atoms with Crippen molar-refractivity contribution in [1.82, 2.24) is 20.1 Å². The molecule has 16 heavy (non-hydrogen) atoms. The zero-order valence-corrected chi connectivity index (χ0v) is 9.64. The molecule has 0 spiro atoms. The Balaban J connectivity index is 2.13. The molecular weight excluding hydrogens is 200 g/mol. The average molecular weight is 216 g/mol. The average Bonchev–Trinajstić information content (AvgIpc) is 2.74. The Kier molecular flexibility index (Phi) is 3.31. The molecule has 0 aliphatic carbocycles. The molecule has 0 aliphatic rings. The second-order valence-corrected chi connectivity index (χ2v) is 3.71. The van der Waals surface area contributed by atoms with Crippen LogP contribution in [0.4, 0.5) is 0 Å². The highest BCUT2D eigenvalue weighted by molar-refractivity contribution is 5.25. The van der Waals surface area contributed by atoms with Gasteiger partial charge in [0, 0.05) is 18.9 Å². The summed E-state index contributed by atoms with van der Waals surface area (Å²) < 4.78 is 1.78. The normalized spacial score (nSPS) is 10.6. The second-order valence-electron chi connectivity index (χ2n) is 3.71. The molecule has 0 aliphatic heterocycles. The van der Waals surface area contributed by atoms with Gasteiger partial charge in [-0.3, -0.25) is 0 Å². The molecule has 2 aromatic rings. The van der Waals surface area contributed by atoms with E-state index in [2.05, 4.69) is 28.4 Å². The van der Waals surface area contributed by atoms with Crippen LogP contribution in [-0.4, -0.2) is 21.3 Å². The van der Waals surface area contributed by atoms with Gasteiger partial charge in [-0.05, 0) is 31.2 Å². The molecule has 0 saturated carbocycles. The van der Waals surface area contributed by atoms with Crippen LogP contribution < -0.4 is 5.32 Å². The smallest absolute Gasteiger partial charge is 0.153 e. The Morgan fingerprint density at radius 1 is 1.31 bits per heavy atom. The lowest BCUT2D eigenvalue weighted by molar-refractivity contribution is 0.722. The first-order chi connectivity index (χ1) is 7.79. The molecule has 0 fully saturated rings. The Bertz CT molecular complexity index is 444. The van der Waals surface area contributed by atoms with Crippen LogP contribution in [0.25, 0.3) is 5.82 Å². The molecule has 2 heterocycles. The third-order valence-corrected chi connectivity index (χ3v) is 2.35. The SMILES string of the molecule is CCNCc1ccc(-n2ccc(C)n2)nc1. The maximum absolute atomic E-state index is 4.38. The van der Waals surface area contributed by atoms with Crippen LogP contribution in [0, 0.1) is 6.92 Å². The van der Waals surface area contributed by atoms with E-state index in [0.29, 0.717) is 0 Å². The minimum Gasteiger partial charge on any atom is -0.313 e. The first-order valence-electron chi connectivity index (χ1n) is 5.48. The van der Waals surface area contributed by atoms with Gasteiger partial charge in [-0.15, -0.1) is 0 Å².